The van der Waals surface area contributed by atoms with Gasteiger partial charge in [0.05, 0.1) is 13.2 Å². The van der Waals surface area contributed by atoms with Crippen LogP contribution >= 0.6 is 0 Å². The fraction of sp³-hybridized carbons (Fsp3) is 0.455. The molecule has 3 aromatic carbocycles. The number of aliphatic hydroxyl groups excluding tert-OH is 2. The molecule has 0 atom stereocenters. The number of aliphatic hydroxyl groups is 2. The molecular formula is C33H40O4. The van der Waals surface area contributed by atoms with Gasteiger partial charge in [-0.3, -0.25) is 0 Å². The lowest BCUT2D eigenvalue weighted by Crippen LogP contribution is -2.11. The zero-order chi connectivity index (χ0) is 25.8. The molecule has 3 aromatic rings. The van der Waals surface area contributed by atoms with Crippen molar-refractivity contribution in [3.8, 4) is 11.5 Å². The van der Waals surface area contributed by atoms with Crippen LogP contribution in [0.4, 0.5) is 0 Å². The Morgan fingerprint density at radius 3 is 1.41 bits per heavy atom. The van der Waals surface area contributed by atoms with Gasteiger partial charge >= 0.3 is 0 Å². The predicted molar refractivity (Wildman–Crippen MR) is 147 cm³/mol. The van der Waals surface area contributed by atoms with Crippen molar-refractivity contribution >= 4 is 0 Å². The molecule has 2 aliphatic rings. The quantitative estimate of drug-likeness (QED) is 0.256. The van der Waals surface area contributed by atoms with Gasteiger partial charge in [-0.1, -0.05) is 81.0 Å². The van der Waals surface area contributed by atoms with Gasteiger partial charge in [-0.2, -0.15) is 0 Å². The highest BCUT2D eigenvalue weighted by Crippen LogP contribution is 2.45. The van der Waals surface area contributed by atoms with E-state index < -0.39 is 0 Å². The minimum atomic E-state index is -0.217. The maximum Gasteiger partial charge on any atom is 0.124 e. The number of hydrogen-bond acceptors (Lipinski definition) is 4. The zero-order valence-corrected chi connectivity index (χ0v) is 21.7. The lowest BCUT2D eigenvalue weighted by molar-refractivity contribution is 0.274. The first-order valence-corrected chi connectivity index (χ1v) is 14.1. The number of hydrogen-bond donors (Lipinski definition) is 4. The molecule has 37 heavy (non-hydrogen) atoms. The van der Waals surface area contributed by atoms with Gasteiger partial charge in [0.25, 0.3) is 0 Å². The second-order valence-corrected chi connectivity index (χ2v) is 11.1. The van der Waals surface area contributed by atoms with Crippen LogP contribution in [0.5, 0.6) is 11.5 Å². The first-order chi connectivity index (χ1) is 18.1. The van der Waals surface area contributed by atoms with Crippen molar-refractivity contribution in [1.82, 2.24) is 0 Å². The molecular weight excluding hydrogens is 460 g/mol. The minimum absolute atomic E-state index is 0.150. The zero-order valence-electron chi connectivity index (χ0n) is 21.7. The van der Waals surface area contributed by atoms with Crippen LogP contribution in [-0.4, -0.2) is 20.4 Å². The number of aromatic hydroxyl groups is 2. The lowest BCUT2D eigenvalue weighted by Gasteiger charge is -2.28. The minimum Gasteiger partial charge on any atom is -0.507 e. The van der Waals surface area contributed by atoms with Gasteiger partial charge in [0.15, 0.2) is 0 Å². The van der Waals surface area contributed by atoms with Crippen molar-refractivity contribution in [2.24, 2.45) is 0 Å². The third-order valence-electron chi connectivity index (χ3n) is 8.71. The number of rotatable bonds is 7. The molecule has 0 unspecified atom stereocenters. The average Bonchev–Trinajstić information content (AvgIpc) is 2.96. The molecule has 196 valence electrons. The van der Waals surface area contributed by atoms with Crippen LogP contribution in [0.3, 0.4) is 0 Å². The number of phenols is 2. The van der Waals surface area contributed by atoms with Crippen LogP contribution in [0.25, 0.3) is 0 Å². The maximum absolute atomic E-state index is 11.1. The molecule has 0 spiro atoms. The second-order valence-electron chi connectivity index (χ2n) is 11.1. The summed E-state index contributed by atoms with van der Waals surface area (Å²) in [5.74, 6) is 0.897. The van der Waals surface area contributed by atoms with Gasteiger partial charge in [-0.15, -0.1) is 0 Å². The van der Waals surface area contributed by atoms with E-state index in [0.29, 0.717) is 23.0 Å². The summed E-state index contributed by atoms with van der Waals surface area (Å²) in [5.41, 5.74) is 6.17. The SMILES string of the molecule is OCc1cc(C(c2ccccc2)c2cc(CO)c(O)c(C3CCCCC3)c2)cc(C2CCCCC2)c1O. The van der Waals surface area contributed by atoms with Crippen molar-refractivity contribution in [2.45, 2.75) is 95.2 Å². The monoisotopic (exact) mass is 500 g/mol. The lowest BCUT2D eigenvalue weighted by atomic mass is 9.77. The Morgan fingerprint density at radius 1 is 0.568 bits per heavy atom. The topological polar surface area (TPSA) is 80.9 Å². The van der Waals surface area contributed by atoms with Crippen LogP contribution in [0, 0.1) is 0 Å². The molecule has 2 aliphatic carbocycles. The van der Waals surface area contributed by atoms with Crippen molar-refractivity contribution in [1.29, 1.82) is 0 Å². The normalized spacial score (nSPS) is 17.4. The summed E-state index contributed by atoms with van der Waals surface area (Å²) in [5, 5.41) is 42.6. The van der Waals surface area contributed by atoms with Crippen LogP contribution in [0.1, 0.15) is 121 Å². The standard InChI is InChI=1S/C33H40O4/c34-20-27-16-25(18-29(32(27)36)22-10-4-1-5-11-22)31(24-14-8-3-9-15-24)26-17-28(21-35)33(37)30(19-26)23-12-6-2-7-13-23/h3,8-9,14-19,22-23,31,34-37H,1-2,4-7,10-13,20-21H2. The Morgan fingerprint density at radius 2 is 1.00 bits per heavy atom. The second kappa shape index (κ2) is 11.7. The maximum atomic E-state index is 11.1. The van der Waals surface area contributed by atoms with Crippen molar-refractivity contribution in [2.75, 3.05) is 0 Å². The Hall–Kier alpha value is -2.82. The van der Waals surface area contributed by atoms with E-state index in [-0.39, 0.29) is 30.6 Å². The fourth-order valence-electron chi connectivity index (χ4n) is 6.74. The van der Waals surface area contributed by atoms with Crippen molar-refractivity contribution < 1.29 is 20.4 Å². The summed E-state index contributed by atoms with van der Waals surface area (Å²) in [4.78, 5) is 0. The first kappa shape index (κ1) is 25.8. The van der Waals surface area contributed by atoms with E-state index in [0.717, 1.165) is 79.2 Å². The van der Waals surface area contributed by atoms with Crippen molar-refractivity contribution in [3.05, 3.63) is 93.5 Å². The Kier molecular flexibility index (Phi) is 8.17. The highest BCUT2D eigenvalue weighted by atomic mass is 16.3. The van der Waals surface area contributed by atoms with Gasteiger partial charge in [0.1, 0.15) is 11.5 Å². The summed E-state index contributed by atoms with van der Waals surface area (Å²) >= 11 is 0. The van der Waals surface area contributed by atoms with Crippen LogP contribution < -0.4 is 0 Å². The Bertz CT molecular complexity index is 1120. The molecule has 0 heterocycles. The highest BCUT2D eigenvalue weighted by Gasteiger charge is 2.27. The Labute approximate surface area is 220 Å². The molecule has 0 radical (unpaired) electrons. The molecule has 0 aromatic heterocycles. The molecule has 2 saturated carbocycles. The van der Waals surface area contributed by atoms with E-state index in [1.54, 1.807) is 0 Å². The highest BCUT2D eigenvalue weighted by molar-refractivity contribution is 5.55. The van der Waals surface area contributed by atoms with E-state index in [4.69, 9.17) is 0 Å². The van der Waals surface area contributed by atoms with Gasteiger partial charge in [-0.05, 0) is 77.5 Å². The summed E-state index contributed by atoms with van der Waals surface area (Å²) < 4.78 is 0. The van der Waals surface area contributed by atoms with Gasteiger partial charge < -0.3 is 20.4 Å². The van der Waals surface area contributed by atoms with E-state index in [9.17, 15) is 20.4 Å². The number of benzene rings is 3. The van der Waals surface area contributed by atoms with Crippen LogP contribution in [0.15, 0.2) is 54.6 Å². The molecule has 2 fully saturated rings. The molecule has 4 heteroatoms. The smallest absolute Gasteiger partial charge is 0.124 e. The molecule has 0 bridgehead atoms. The molecule has 4 nitrogen and oxygen atoms in total. The third kappa shape index (κ3) is 5.42. The van der Waals surface area contributed by atoms with E-state index in [1.807, 2.05) is 30.3 Å². The summed E-state index contributed by atoms with van der Waals surface area (Å²) in [6.45, 7) is -0.433. The fourth-order valence-corrected chi connectivity index (χ4v) is 6.74. The van der Waals surface area contributed by atoms with Gasteiger partial charge in [-0.25, -0.2) is 0 Å². The summed E-state index contributed by atoms with van der Waals surface area (Å²) in [6, 6.07) is 18.5. The van der Waals surface area contributed by atoms with Crippen LogP contribution in [-0.2, 0) is 13.2 Å². The van der Waals surface area contributed by atoms with Gasteiger partial charge in [0.2, 0.25) is 0 Å². The van der Waals surface area contributed by atoms with E-state index >= 15 is 0 Å². The molecule has 5 rings (SSSR count). The van der Waals surface area contributed by atoms with E-state index in [2.05, 4.69) is 24.3 Å². The molecule has 0 aliphatic heterocycles. The molecule has 4 N–H and O–H groups in total. The summed E-state index contributed by atoms with van der Waals surface area (Å²) in [6.07, 6.45) is 11.3. The largest absolute Gasteiger partial charge is 0.507 e. The molecule has 0 amide bonds. The predicted octanol–water partition coefficient (Wildman–Crippen LogP) is 7.36. The third-order valence-corrected chi connectivity index (χ3v) is 8.71. The van der Waals surface area contributed by atoms with Crippen LogP contribution in [0.2, 0.25) is 0 Å². The van der Waals surface area contributed by atoms with E-state index in [1.165, 1.54) is 12.8 Å². The molecule has 0 saturated heterocycles. The first-order valence-electron chi connectivity index (χ1n) is 14.1. The van der Waals surface area contributed by atoms with Gasteiger partial charge in [0, 0.05) is 17.0 Å². The Balaban J connectivity index is 1.69. The van der Waals surface area contributed by atoms with Crippen molar-refractivity contribution in [3.63, 3.8) is 0 Å². The summed E-state index contributed by atoms with van der Waals surface area (Å²) in [7, 11) is 0. The average molecular weight is 501 g/mol.